The quantitative estimate of drug-likeness (QED) is 0.875. The summed E-state index contributed by atoms with van der Waals surface area (Å²) in [5.41, 5.74) is 6.69. The molecule has 2 rings (SSSR count). The zero-order valence-corrected chi connectivity index (χ0v) is 11.0. The van der Waals surface area contributed by atoms with Crippen molar-refractivity contribution in [3.05, 3.63) is 35.4 Å². The van der Waals surface area contributed by atoms with Crippen LogP contribution in [0.15, 0.2) is 18.2 Å². The lowest BCUT2D eigenvalue weighted by atomic mass is 9.90. The lowest BCUT2D eigenvalue weighted by Crippen LogP contribution is -2.49. The molecule has 0 saturated carbocycles. The molecule has 3 unspecified atom stereocenters. The van der Waals surface area contributed by atoms with E-state index in [0.717, 1.165) is 24.6 Å². The number of likely N-dealkylation sites (tertiary alicyclic amines) is 1. The number of hydrogen-bond donors (Lipinski definition) is 2. The number of nitrogens with two attached hydrogens (primary N) is 1. The number of hydrogen-bond acceptors (Lipinski definition) is 3. The van der Waals surface area contributed by atoms with Crippen molar-refractivity contribution in [1.82, 2.24) is 4.90 Å². The predicted octanol–water partition coefficient (Wildman–Crippen LogP) is 1.49. The maximum Gasteiger partial charge on any atom is 0.159 e. The number of aliphatic hydroxyl groups is 1. The lowest BCUT2D eigenvalue weighted by Gasteiger charge is -2.37. The van der Waals surface area contributed by atoms with Crippen molar-refractivity contribution in [2.75, 3.05) is 13.1 Å². The first-order valence-electron chi connectivity index (χ1n) is 6.55. The smallest absolute Gasteiger partial charge is 0.159 e. The summed E-state index contributed by atoms with van der Waals surface area (Å²) >= 11 is 0. The molecule has 1 aliphatic rings. The minimum absolute atomic E-state index is 0.0126. The van der Waals surface area contributed by atoms with Crippen LogP contribution in [0.25, 0.3) is 0 Å². The second-order valence-corrected chi connectivity index (χ2v) is 5.44. The van der Waals surface area contributed by atoms with E-state index in [1.807, 2.05) is 0 Å². The third-order valence-corrected chi connectivity index (χ3v) is 3.66. The molecule has 19 heavy (non-hydrogen) atoms. The zero-order valence-electron chi connectivity index (χ0n) is 11.0. The second kappa shape index (κ2) is 5.94. The molecule has 0 amide bonds. The van der Waals surface area contributed by atoms with E-state index < -0.39 is 17.7 Å². The van der Waals surface area contributed by atoms with Gasteiger partial charge in [-0.2, -0.15) is 0 Å². The van der Waals surface area contributed by atoms with Crippen LogP contribution < -0.4 is 5.73 Å². The van der Waals surface area contributed by atoms with E-state index in [9.17, 15) is 13.9 Å². The Bertz CT molecular complexity index is 439. The molecular formula is C14H20F2N2O. The normalized spacial score (nSPS) is 26.4. The van der Waals surface area contributed by atoms with Crippen molar-refractivity contribution in [2.45, 2.75) is 32.0 Å². The maximum absolute atomic E-state index is 13.2. The molecule has 1 aromatic carbocycles. The van der Waals surface area contributed by atoms with Crippen LogP contribution in [0.3, 0.4) is 0 Å². The van der Waals surface area contributed by atoms with Gasteiger partial charge in [0, 0.05) is 25.7 Å². The van der Waals surface area contributed by atoms with Gasteiger partial charge in [-0.25, -0.2) is 8.78 Å². The van der Waals surface area contributed by atoms with E-state index in [1.54, 1.807) is 13.0 Å². The molecule has 1 saturated heterocycles. The molecule has 0 spiro atoms. The van der Waals surface area contributed by atoms with E-state index in [4.69, 9.17) is 5.73 Å². The Morgan fingerprint density at radius 3 is 2.74 bits per heavy atom. The van der Waals surface area contributed by atoms with Gasteiger partial charge in [-0.3, -0.25) is 4.90 Å². The fourth-order valence-electron chi connectivity index (χ4n) is 2.65. The Labute approximate surface area is 112 Å². The summed E-state index contributed by atoms with van der Waals surface area (Å²) in [5.74, 6) is -1.53. The second-order valence-electron chi connectivity index (χ2n) is 5.44. The molecule has 5 heteroatoms. The van der Waals surface area contributed by atoms with Gasteiger partial charge in [0.1, 0.15) is 0 Å². The van der Waals surface area contributed by atoms with E-state index in [1.165, 1.54) is 6.07 Å². The van der Waals surface area contributed by atoms with Gasteiger partial charge in [-0.1, -0.05) is 6.07 Å². The molecule has 0 radical (unpaired) electrons. The van der Waals surface area contributed by atoms with Gasteiger partial charge in [-0.15, -0.1) is 0 Å². The van der Waals surface area contributed by atoms with Crippen LogP contribution in [-0.4, -0.2) is 35.2 Å². The molecule has 1 aromatic rings. The minimum Gasteiger partial charge on any atom is -0.393 e. The highest BCUT2D eigenvalue weighted by Crippen LogP contribution is 2.21. The molecule has 3 nitrogen and oxygen atoms in total. The summed E-state index contributed by atoms with van der Waals surface area (Å²) in [4.78, 5) is 2.08. The number of aliphatic hydroxyl groups excluding tert-OH is 1. The summed E-state index contributed by atoms with van der Waals surface area (Å²) in [6.07, 6.45) is 0.394. The first kappa shape index (κ1) is 14.4. The fraction of sp³-hybridized carbons (Fsp3) is 0.571. The molecule has 1 heterocycles. The summed E-state index contributed by atoms with van der Waals surface area (Å²) in [5, 5.41) is 9.67. The van der Waals surface area contributed by atoms with Crippen LogP contribution >= 0.6 is 0 Å². The Balaban J connectivity index is 2.03. The molecule has 0 aliphatic carbocycles. The van der Waals surface area contributed by atoms with Gasteiger partial charge in [0.2, 0.25) is 0 Å². The number of benzene rings is 1. The summed E-state index contributed by atoms with van der Waals surface area (Å²) in [6, 6.07) is 3.95. The van der Waals surface area contributed by atoms with Crippen molar-refractivity contribution < 1.29 is 13.9 Å². The highest BCUT2D eigenvalue weighted by atomic mass is 19.2. The molecule has 106 valence electrons. The van der Waals surface area contributed by atoms with Crippen molar-refractivity contribution in [1.29, 1.82) is 0 Å². The monoisotopic (exact) mass is 270 g/mol. The number of nitrogens with zero attached hydrogens (tertiary/aromatic N) is 1. The predicted molar refractivity (Wildman–Crippen MR) is 69.4 cm³/mol. The SMILES string of the molecule is CC(O)C1CC(N)CN(Cc2ccc(F)c(F)c2)C1. The lowest BCUT2D eigenvalue weighted by molar-refractivity contribution is 0.0516. The van der Waals surface area contributed by atoms with Crippen LogP contribution in [0, 0.1) is 17.6 Å². The average molecular weight is 270 g/mol. The van der Waals surface area contributed by atoms with Crippen molar-refractivity contribution in [2.24, 2.45) is 11.7 Å². The van der Waals surface area contributed by atoms with Crippen LogP contribution in [0.1, 0.15) is 18.9 Å². The van der Waals surface area contributed by atoms with Crippen molar-refractivity contribution >= 4 is 0 Å². The fourth-order valence-corrected chi connectivity index (χ4v) is 2.65. The number of halogens is 2. The first-order chi connectivity index (χ1) is 8.95. The van der Waals surface area contributed by atoms with E-state index in [0.29, 0.717) is 13.1 Å². The number of rotatable bonds is 3. The van der Waals surface area contributed by atoms with Gasteiger partial charge in [0.15, 0.2) is 11.6 Å². The Hall–Kier alpha value is -1.04. The van der Waals surface area contributed by atoms with Gasteiger partial charge in [-0.05, 0) is 37.0 Å². The molecule has 0 bridgehead atoms. The minimum atomic E-state index is -0.832. The van der Waals surface area contributed by atoms with Crippen LogP contribution in [0.2, 0.25) is 0 Å². The first-order valence-corrected chi connectivity index (χ1v) is 6.55. The molecular weight excluding hydrogens is 250 g/mol. The summed E-state index contributed by atoms with van der Waals surface area (Å²) in [7, 11) is 0. The highest BCUT2D eigenvalue weighted by Gasteiger charge is 2.27. The van der Waals surface area contributed by atoms with Crippen LogP contribution in [-0.2, 0) is 6.54 Å². The topological polar surface area (TPSA) is 49.5 Å². The highest BCUT2D eigenvalue weighted by molar-refractivity contribution is 5.17. The standard InChI is InChI=1S/C14H20F2N2O/c1-9(19)11-5-12(17)8-18(7-11)6-10-2-3-13(15)14(16)4-10/h2-4,9,11-12,19H,5-8,17H2,1H3. The molecule has 1 aliphatic heterocycles. The van der Waals surface area contributed by atoms with E-state index in [2.05, 4.69) is 4.90 Å². The molecule has 3 atom stereocenters. The third kappa shape index (κ3) is 3.72. The van der Waals surface area contributed by atoms with E-state index in [-0.39, 0.29) is 12.0 Å². The summed E-state index contributed by atoms with van der Waals surface area (Å²) < 4.78 is 26.0. The third-order valence-electron chi connectivity index (χ3n) is 3.66. The van der Waals surface area contributed by atoms with Crippen LogP contribution in [0.4, 0.5) is 8.78 Å². The summed E-state index contributed by atoms with van der Waals surface area (Å²) in [6.45, 7) is 3.72. The molecule has 3 N–H and O–H groups in total. The van der Waals surface area contributed by atoms with Crippen molar-refractivity contribution in [3.63, 3.8) is 0 Å². The molecule has 0 aromatic heterocycles. The van der Waals surface area contributed by atoms with Crippen molar-refractivity contribution in [3.8, 4) is 0 Å². The molecule has 1 fully saturated rings. The Kier molecular flexibility index (Phi) is 4.50. The van der Waals surface area contributed by atoms with Crippen LogP contribution in [0.5, 0.6) is 0 Å². The average Bonchev–Trinajstić information content (AvgIpc) is 2.33. The Morgan fingerprint density at radius 1 is 1.37 bits per heavy atom. The van der Waals surface area contributed by atoms with Gasteiger partial charge in [0.25, 0.3) is 0 Å². The van der Waals surface area contributed by atoms with E-state index >= 15 is 0 Å². The number of piperidine rings is 1. The zero-order chi connectivity index (χ0) is 14.0. The maximum atomic E-state index is 13.2. The Morgan fingerprint density at radius 2 is 2.11 bits per heavy atom. The van der Waals surface area contributed by atoms with Gasteiger partial charge >= 0.3 is 0 Å². The van der Waals surface area contributed by atoms with Gasteiger partial charge in [0.05, 0.1) is 6.10 Å². The largest absolute Gasteiger partial charge is 0.393 e. The van der Waals surface area contributed by atoms with Gasteiger partial charge < -0.3 is 10.8 Å².